The molecule has 1 aromatic carbocycles. The number of benzene rings is 1. The third kappa shape index (κ3) is 4.65. The summed E-state index contributed by atoms with van der Waals surface area (Å²) in [6.45, 7) is 2.30. The van der Waals surface area contributed by atoms with Gasteiger partial charge >= 0.3 is 0 Å². The minimum absolute atomic E-state index is 0. The monoisotopic (exact) mass is 363 g/mol. The summed E-state index contributed by atoms with van der Waals surface area (Å²) in [5.74, 6) is -0.192. The number of hydrogen-bond acceptors (Lipinski definition) is 5. The molecule has 0 unspecified atom stereocenters. The molecule has 3 rings (SSSR count). The summed E-state index contributed by atoms with van der Waals surface area (Å²) in [5.41, 5.74) is 2.33. The number of nitrogens with one attached hydrogen (secondary N) is 2. The maximum absolute atomic E-state index is 12.2. The molecule has 0 saturated heterocycles. The Balaban J connectivity index is 0.00000225. The molecule has 9 heteroatoms. The van der Waals surface area contributed by atoms with Gasteiger partial charge in [-0.05, 0) is 25.1 Å². The molecule has 2 aromatic rings. The van der Waals surface area contributed by atoms with Crippen LogP contribution in [-0.2, 0) is 0 Å². The summed E-state index contributed by atoms with van der Waals surface area (Å²) >= 11 is 0. The highest BCUT2D eigenvalue weighted by atomic mass is 35.5. The fourth-order valence-corrected chi connectivity index (χ4v) is 2.43. The van der Waals surface area contributed by atoms with E-state index in [0.717, 1.165) is 19.5 Å². The zero-order valence-electron chi connectivity index (χ0n) is 13.3. The first-order valence-corrected chi connectivity index (χ1v) is 7.60. The minimum Gasteiger partial charge on any atom is -0.348 e. The molecule has 0 fully saturated rings. The maximum Gasteiger partial charge on any atom is 0.269 e. The van der Waals surface area contributed by atoms with Crippen LogP contribution in [0.15, 0.2) is 48.3 Å². The van der Waals surface area contributed by atoms with E-state index in [4.69, 9.17) is 0 Å². The summed E-state index contributed by atoms with van der Waals surface area (Å²) in [6, 6.07) is 5.99. The Hall–Kier alpha value is -2.71. The lowest BCUT2D eigenvalue weighted by molar-refractivity contribution is -0.384. The van der Waals surface area contributed by atoms with Crippen LogP contribution in [0, 0.1) is 10.1 Å². The quantitative estimate of drug-likeness (QED) is 0.479. The molecule has 0 bridgehead atoms. The van der Waals surface area contributed by atoms with Crippen molar-refractivity contribution in [2.45, 2.75) is 6.42 Å². The summed E-state index contributed by atoms with van der Waals surface area (Å²) in [5, 5.41) is 20.9. The van der Waals surface area contributed by atoms with E-state index in [1.54, 1.807) is 18.3 Å². The van der Waals surface area contributed by atoms with Crippen molar-refractivity contribution < 1.29 is 9.72 Å². The van der Waals surface area contributed by atoms with Gasteiger partial charge < -0.3 is 10.6 Å². The number of nitro benzene ring substituents is 1. The molecule has 132 valence electrons. The number of carbonyl (C=O) groups is 1. The van der Waals surface area contributed by atoms with Crippen LogP contribution in [0.3, 0.4) is 0 Å². The van der Waals surface area contributed by atoms with Gasteiger partial charge in [0.1, 0.15) is 0 Å². The van der Waals surface area contributed by atoms with Gasteiger partial charge in [0, 0.05) is 31.4 Å². The number of hydrogen-bond donors (Lipinski definition) is 2. The van der Waals surface area contributed by atoms with Crippen LogP contribution in [0.4, 0.5) is 5.69 Å². The van der Waals surface area contributed by atoms with Gasteiger partial charge in [0.15, 0.2) is 0 Å². The van der Waals surface area contributed by atoms with Crippen molar-refractivity contribution in [2.75, 3.05) is 19.6 Å². The van der Waals surface area contributed by atoms with E-state index in [1.807, 2.05) is 0 Å². The number of halogens is 1. The van der Waals surface area contributed by atoms with Gasteiger partial charge in [-0.15, -0.1) is 12.4 Å². The highest BCUT2D eigenvalue weighted by Crippen LogP contribution is 2.15. The smallest absolute Gasteiger partial charge is 0.269 e. The molecule has 25 heavy (non-hydrogen) atoms. The second-order valence-corrected chi connectivity index (χ2v) is 5.45. The second-order valence-electron chi connectivity index (χ2n) is 5.45. The third-order valence-electron chi connectivity index (χ3n) is 3.80. The lowest BCUT2D eigenvalue weighted by Crippen LogP contribution is -2.29. The predicted octanol–water partition coefficient (Wildman–Crippen LogP) is 1.85. The average molecular weight is 364 g/mol. The number of rotatable bonds is 5. The topological polar surface area (TPSA) is 102 Å². The van der Waals surface area contributed by atoms with Crippen LogP contribution < -0.4 is 10.6 Å². The van der Waals surface area contributed by atoms with Crippen LogP contribution in [0.2, 0.25) is 0 Å². The van der Waals surface area contributed by atoms with Gasteiger partial charge in [-0.2, -0.15) is 5.10 Å². The van der Waals surface area contributed by atoms with E-state index in [1.165, 1.54) is 28.6 Å². The first-order valence-electron chi connectivity index (χ1n) is 7.60. The number of non-ortho nitro benzene ring substituents is 1. The van der Waals surface area contributed by atoms with Crippen molar-refractivity contribution in [3.05, 3.63) is 64.0 Å². The molecule has 8 nitrogen and oxygen atoms in total. The Morgan fingerprint density at radius 3 is 2.76 bits per heavy atom. The molecule has 0 aliphatic carbocycles. The number of nitro groups is 1. The summed E-state index contributed by atoms with van der Waals surface area (Å²) in [7, 11) is 0. The second kappa shape index (κ2) is 8.41. The Morgan fingerprint density at radius 1 is 1.36 bits per heavy atom. The van der Waals surface area contributed by atoms with Crippen molar-refractivity contribution in [2.24, 2.45) is 0 Å². The van der Waals surface area contributed by atoms with Crippen molar-refractivity contribution >= 4 is 24.0 Å². The molecule has 0 radical (unpaired) electrons. The number of aromatic nitrogens is 2. The summed E-state index contributed by atoms with van der Waals surface area (Å²) < 4.78 is 1.52. The number of carbonyl (C=O) groups excluding carboxylic acids is 1. The summed E-state index contributed by atoms with van der Waals surface area (Å²) in [6.07, 6.45) is 6.10. The van der Waals surface area contributed by atoms with Crippen LogP contribution >= 0.6 is 12.4 Å². The highest BCUT2D eigenvalue weighted by molar-refractivity contribution is 5.93. The van der Waals surface area contributed by atoms with Crippen LogP contribution in [0.5, 0.6) is 0 Å². The first-order chi connectivity index (χ1) is 11.6. The van der Waals surface area contributed by atoms with Gasteiger partial charge in [-0.25, -0.2) is 4.68 Å². The standard InChI is InChI=1S/C16H17N5O3.ClH/c22-16(18-9-12-5-7-17-8-6-12)13-10-19-20(11-13)14-1-3-15(4-2-14)21(23)24;/h1-5,10-11,17H,6-9H2,(H,18,22);1H. The van der Waals surface area contributed by atoms with Gasteiger partial charge in [0.2, 0.25) is 0 Å². The molecular formula is C16H18ClN5O3. The van der Waals surface area contributed by atoms with Crippen LogP contribution in [0.1, 0.15) is 16.8 Å². The van der Waals surface area contributed by atoms with Crippen LogP contribution in [0.25, 0.3) is 5.69 Å². The van der Waals surface area contributed by atoms with E-state index in [2.05, 4.69) is 21.8 Å². The van der Waals surface area contributed by atoms with Gasteiger partial charge in [-0.3, -0.25) is 14.9 Å². The number of amides is 1. The molecule has 0 saturated carbocycles. The summed E-state index contributed by atoms with van der Waals surface area (Å²) in [4.78, 5) is 22.4. The molecular weight excluding hydrogens is 346 g/mol. The predicted molar refractivity (Wildman–Crippen MR) is 95.4 cm³/mol. The van der Waals surface area contributed by atoms with E-state index in [-0.39, 0.29) is 24.0 Å². The Bertz CT molecular complexity index is 785. The lowest BCUT2D eigenvalue weighted by Gasteiger charge is -2.14. The normalized spacial score (nSPS) is 13.5. The van der Waals surface area contributed by atoms with E-state index < -0.39 is 4.92 Å². The zero-order valence-corrected chi connectivity index (χ0v) is 14.2. The highest BCUT2D eigenvalue weighted by Gasteiger charge is 2.11. The van der Waals surface area contributed by atoms with E-state index in [9.17, 15) is 14.9 Å². The minimum atomic E-state index is -0.457. The van der Waals surface area contributed by atoms with Gasteiger partial charge in [0.05, 0.1) is 22.4 Å². The molecule has 0 atom stereocenters. The van der Waals surface area contributed by atoms with Gasteiger partial charge in [0.25, 0.3) is 11.6 Å². The van der Waals surface area contributed by atoms with E-state index in [0.29, 0.717) is 17.8 Å². The fourth-order valence-electron chi connectivity index (χ4n) is 2.43. The molecule has 1 aliphatic heterocycles. The molecule has 0 spiro atoms. The van der Waals surface area contributed by atoms with Crippen molar-refractivity contribution in [1.82, 2.24) is 20.4 Å². The van der Waals surface area contributed by atoms with Gasteiger partial charge in [-0.1, -0.05) is 11.6 Å². The SMILES string of the molecule is Cl.O=C(NCC1=CCNCC1)c1cnn(-c2ccc([N+](=O)[O-])cc2)c1. The molecule has 2 N–H and O–H groups in total. The van der Waals surface area contributed by atoms with Crippen molar-refractivity contribution in [3.63, 3.8) is 0 Å². The Morgan fingerprint density at radius 2 is 2.12 bits per heavy atom. The third-order valence-corrected chi connectivity index (χ3v) is 3.80. The Kier molecular flexibility index (Phi) is 6.26. The molecule has 1 aromatic heterocycles. The molecule has 2 heterocycles. The largest absolute Gasteiger partial charge is 0.348 e. The van der Waals surface area contributed by atoms with Crippen LogP contribution in [-0.4, -0.2) is 40.2 Å². The molecule has 1 amide bonds. The maximum atomic E-state index is 12.2. The number of nitrogens with zero attached hydrogens (tertiary/aromatic N) is 3. The average Bonchev–Trinajstić information content (AvgIpc) is 3.11. The fraction of sp³-hybridized carbons (Fsp3) is 0.250. The Labute approximate surface area is 150 Å². The van der Waals surface area contributed by atoms with Crippen molar-refractivity contribution in [3.8, 4) is 5.69 Å². The van der Waals surface area contributed by atoms with Crippen molar-refractivity contribution in [1.29, 1.82) is 0 Å². The zero-order chi connectivity index (χ0) is 16.9. The lowest BCUT2D eigenvalue weighted by atomic mass is 10.1. The molecule has 1 aliphatic rings. The first kappa shape index (κ1) is 18.6. The van der Waals surface area contributed by atoms with E-state index >= 15 is 0 Å².